The van der Waals surface area contributed by atoms with Gasteiger partial charge in [0.2, 0.25) is 5.91 Å². The first-order valence-corrected chi connectivity index (χ1v) is 9.43. The summed E-state index contributed by atoms with van der Waals surface area (Å²) in [5.41, 5.74) is -0.190. The minimum Gasteiger partial charge on any atom is -0.353 e. The number of alkyl halides is 3. The number of halogens is 6. The van der Waals surface area contributed by atoms with Crippen LogP contribution in [0.5, 0.6) is 0 Å². The number of rotatable bonds is 3. The van der Waals surface area contributed by atoms with Crippen molar-refractivity contribution in [1.29, 1.82) is 0 Å². The molecule has 11 heteroatoms. The van der Waals surface area contributed by atoms with Gasteiger partial charge in [0.1, 0.15) is 22.7 Å². The maximum atomic E-state index is 14.6. The van der Waals surface area contributed by atoms with Crippen LogP contribution in [0.2, 0.25) is 5.02 Å². The highest BCUT2D eigenvalue weighted by Crippen LogP contribution is 2.50. The summed E-state index contributed by atoms with van der Waals surface area (Å²) in [6, 6.07) is -0.690. The van der Waals surface area contributed by atoms with Crippen molar-refractivity contribution in [3.8, 4) is 0 Å². The van der Waals surface area contributed by atoms with E-state index in [0.717, 1.165) is 12.1 Å². The highest BCUT2D eigenvalue weighted by Gasteiger charge is 2.51. The van der Waals surface area contributed by atoms with Gasteiger partial charge in [-0.05, 0) is 31.7 Å². The fourth-order valence-electron chi connectivity index (χ4n) is 3.71. The second kappa shape index (κ2) is 7.97. The van der Waals surface area contributed by atoms with Gasteiger partial charge in [-0.3, -0.25) is 4.79 Å². The van der Waals surface area contributed by atoms with Gasteiger partial charge in [0.25, 0.3) is 0 Å². The molecule has 5 nitrogen and oxygen atoms in total. The van der Waals surface area contributed by atoms with Crippen LogP contribution in [0.25, 0.3) is 0 Å². The van der Waals surface area contributed by atoms with Crippen molar-refractivity contribution in [3.05, 3.63) is 34.4 Å². The largest absolute Gasteiger partial charge is 0.391 e. The molecule has 2 N–H and O–H groups in total. The summed E-state index contributed by atoms with van der Waals surface area (Å²) < 4.78 is 66.8. The molecule has 29 heavy (non-hydrogen) atoms. The van der Waals surface area contributed by atoms with Crippen LogP contribution in [-0.4, -0.2) is 42.1 Å². The van der Waals surface area contributed by atoms with Crippen LogP contribution in [0, 0.1) is 23.5 Å². The van der Waals surface area contributed by atoms with Crippen molar-refractivity contribution in [3.63, 3.8) is 0 Å². The van der Waals surface area contributed by atoms with Gasteiger partial charge < -0.3 is 15.5 Å². The first-order valence-electron chi connectivity index (χ1n) is 9.05. The van der Waals surface area contributed by atoms with E-state index in [0.29, 0.717) is 0 Å². The molecule has 1 heterocycles. The second-order valence-electron chi connectivity index (χ2n) is 7.32. The molecule has 1 aliphatic carbocycles. The summed E-state index contributed by atoms with van der Waals surface area (Å²) in [7, 11) is 0. The molecule has 0 bridgehead atoms. The number of amides is 3. The monoisotopic (exact) mass is 439 g/mol. The quantitative estimate of drug-likeness (QED) is 0.556. The van der Waals surface area contributed by atoms with Crippen molar-refractivity contribution in [1.82, 2.24) is 15.5 Å². The molecular formula is C18H19ClF5N3O2. The Labute approximate surface area is 168 Å². The Kier molecular flexibility index (Phi) is 5.93. The first-order chi connectivity index (χ1) is 13.5. The number of carbonyl (C=O) groups excluding carboxylic acids is 2. The third-order valence-electron chi connectivity index (χ3n) is 5.55. The lowest BCUT2D eigenvalue weighted by Gasteiger charge is -2.43. The Morgan fingerprint density at radius 3 is 2.59 bits per heavy atom. The van der Waals surface area contributed by atoms with Gasteiger partial charge in [-0.25, -0.2) is 13.6 Å². The normalized spacial score (nSPS) is 25.8. The van der Waals surface area contributed by atoms with Gasteiger partial charge in [0.05, 0.1) is 12.0 Å². The smallest absolute Gasteiger partial charge is 0.353 e. The lowest BCUT2D eigenvalue weighted by atomic mass is 9.69. The second-order valence-corrected chi connectivity index (χ2v) is 7.70. The summed E-state index contributed by atoms with van der Waals surface area (Å²) in [6.45, 7) is 1.91. The van der Waals surface area contributed by atoms with Gasteiger partial charge in [-0.2, -0.15) is 13.2 Å². The van der Waals surface area contributed by atoms with E-state index in [9.17, 15) is 31.5 Å². The fourth-order valence-corrected chi connectivity index (χ4v) is 3.88. The molecule has 0 aromatic heterocycles. The number of nitrogens with zero attached hydrogens (tertiary/aromatic N) is 1. The molecule has 3 rings (SSSR count). The molecule has 1 saturated heterocycles. The third kappa shape index (κ3) is 4.26. The lowest BCUT2D eigenvalue weighted by Crippen LogP contribution is -2.59. The van der Waals surface area contributed by atoms with Crippen LogP contribution in [0.3, 0.4) is 0 Å². The molecule has 1 aromatic carbocycles. The topological polar surface area (TPSA) is 61.4 Å². The van der Waals surface area contributed by atoms with E-state index in [1.165, 1.54) is 11.8 Å². The maximum absolute atomic E-state index is 14.6. The molecule has 1 aromatic rings. The molecule has 1 aliphatic heterocycles. The van der Waals surface area contributed by atoms with E-state index in [4.69, 9.17) is 11.6 Å². The van der Waals surface area contributed by atoms with Crippen LogP contribution in [-0.2, 0) is 4.79 Å². The van der Waals surface area contributed by atoms with Crippen LogP contribution in [0.4, 0.5) is 26.7 Å². The number of carbonyl (C=O) groups is 2. The predicted octanol–water partition coefficient (Wildman–Crippen LogP) is 3.78. The third-order valence-corrected chi connectivity index (χ3v) is 5.89. The number of piperazine rings is 1. The maximum Gasteiger partial charge on any atom is 0.391 e. The zero-order valence-corrected chi connectivity index (χ0v) is 16.1. The number of hydrogen-bond donors (Lipinski definition) is 2. The van der Waals surface area contributed by atoms with Crippen LogP contribution in [0.1, 0.15) is 31.4 Å². The number of benzene rings is 1. The fraction of sp³-hybridized carbons (Fsp3) is 0.556. The van der Waals surface area contributed by atoms with E-state index in [1.807, 2.05) is 0 Å². The Hall–Kier alpha value is -2.10. The lowest BCUT2D eigenvalue weighted by molar-refractivity contribution is -0.206. The highest BCUT2D eigenvalue weighted by molar-refractivity contribution is 6.31. The van der Waals surface area contributed by atoms with Crippen molar-refractivity contribution in [2.75, 3.05) is 13.1 Å². The molecule has 1 saturated carbocycles. The Morgan fingerprint density at radius 2 is 1.97 bits per heavy atom. The number of hydrogen-bond acceptors (Lipinski definition) is 2. The van der Waals surface area contributed by atoms with Crippen LogP contribution >= 0.6 is 11.6 Å². The van der Waals surface area contributed by atoms with Crippen LogP contribution in [0.15, 0.2) is 12.1 Å². The Bertz CT molecular complexity index is 813. The van der Waals surface area contributed by atoms with E-state index in [1.54, 1.807) is 0 Å². The van der Waals surface area contributed by atoms with Crippen molar-refractivity contribution in [2.24, 2.45) is 11.8 Å². The molecule has 3 amide bonds. The standard InChI is InChI=1S/C18H19ClF5N3O2/c1-8-16(28)25-4-5-27(8)17(29)26-15(9-6-10(7-9)18(22,23)24)11-2-3-12(20)13(19)14(11)21/h2-3,8-10,15H,4-7H2,1H3,(H,25,28)(H,26,29)/t8-,9-,10-,15+/m1/s1. The average Bonchev–Trinajstić information content (AvgIpc) is 2.59. The molecule has 2 fully saturated rings. The molecule has 2 atom stereocenters. The first kappa shape index (κ1) is 21.6. The number of urea groups is 1. The number of nitrogens with one attached hydrogen (secondary N) is 2. The molecular weight excluding hydrogens is 421 g/mol. The van der Waals surface area contributed by atoms with Gasteiger partial charge in [-0.1, -0.05) is 17.7 Å². The van der Waals surface area contributed by atoms with Gasteiger partial charge in [0.15, 0.2) is 0 Å². The summed E-state index contributed by atoms with van der Waals surface area (Å²) in [6.07, 6.45) is -5.00. The van der Waals surface area contributed by atoms with E-state index in [-0.39, 0.29) is 37.4 Å². The molecule has 0 spiro atoms. The Morgan fingerprint density at radius 1 is 1.31 bits per heavy atom. The Balaban J connectivity index is 1.85. The zero-order valence-electron chi connectivity index (χ0n) is 15.3. The van der Waals surface area contributed by atoms with Crippen molar-refractivity contribution >= 4 is 23.5 Å². The van der Waals surface area contributed by atoms with E-state index < -0.39 is 52.8 Å². The summed E-state index contributed by atoms with van der Waals surface area (Å²) >= 11 is 5.62. The molecule has 160 valence electrons. The van der Waals surface area contributed by atoms with Crippen molar-refractivity contribution < 1.29 is 31.5 Å². The predicted molar refractivity (Wildman–Crippen MR) is 94.1 cm³/mol. The van der Waals surface area contributed by atoms with Gasteiger partial charge >= 0.3 is 12.2 Å². The van der Waals surface area contributed by atoms with Gasteiger partial charge in [-0.15, -0.1) is 0 Å². The highest BCUT2D eigenvalue weighted by atomic mass is 35.5. The average molecular weight is 440 g/mol. The minimum absolute atomic E-state index is 0.188. The van der Waals surface area contributed by atoms with Crippen molar-refractivity contribution in [2.45, 2.75) is 38.0 Å². The molecule has 0 unspecified atom stereocenters. The SMILES string of the molecule is C[C@@H]1C(=O)NCCN1C(=O)N[C@H](c1ccc(F)c(Cl)c1F)[C@H]1C[C@H](C(F)(F)F)C1. The molecule has 2 aliphatic rings. The van der Waals surface area contributed by atoms with Gasteiger partial charge in [0, 0.05) is 18.7 Å². The summed E-state index contributed by atoms with van der Waals surface area (Å²) in [5, 5.41) is 4.33. The zero-order chi connectivity index (χ0) is 21.5. The van der Waals surface area contributed by atoms with E-state index in [2.05, 4.69) is 10.6 Å². The molecule has 0 radical (unpaired) electrons. The van der Waals surface area contributed by atoms with E-state index >= 15 is 0 Å². The summed E-state index contributed by atoms with van der Waals surface area (Å²) in [4.78, 5) is 25.7. The summed E-state index contributed by atoms with van der Waals surface area (Å²) in [5.74, 6) is -4.78. The van der Waals surface area contributed by atoms with Crippen LogP contribution < -0.4 is 10.6 Å². The minimum atomic E-state index is -4.39.